The van der Waals surface area contributed by atoms with Gasteiger partial charge in [-0.25, -0.2) is 14.8 Å². The second-order valence-electron chi connectivity index (χ2n) is 14.6. The van der Waals surface area contributed by atoms with Crippen LogP contribution in [-0.4, -0.2) is 90.6 Å². The van der Waals surface area contributed by atoms with Crippen molar-refractivity contribution in [3.05, 3.63) is 76.6 Å². The molecule has 1 amide bonds. The fourth-order valence-corrected chi connectivity index (χ4v) is 7.81. The number of aliphatic carboxylic acids is 1. The lowest BCUT2D eigenvalue weighted by molar-refractivity contribution is -0.143. The zero-order valence-corrected chi connectivity index (χ0v) is 31.3. The van der Waals surface area contributed by atoms with Crippen LogP contribution in [0.3, 0.4) is 0 Å². The van der Waals surface area contributed by atoms with Gasteiger partial charge in [0.2, 0.25) is 5.95 Å². The number of morpholine rings is 1. The minimum atomic E-state index is -5.03. The van der Waals surface area contributed by atoms with Gasteiger partial charge in [0.1, 0.15) is 6.61 Å². The molecule has 3 aromatic rings. The largest absolute Gasteiger partial charge is 0.481 e. The molecule has 2 fully saturated rings. The standard InChI is InChI=1S/C39H46F6N6O5/c1-3-30-21-34(32-16-25(2)4-5-33(32)51(30)37(54)56-15-10-48-8-6-26(7-9-48)19-35(52)53)50(36-46-22-31(23-47-36)49-11-13-55-14-12-49)24-27-17-28(38(40,41)42)20-29(18-27)39(43,44)45/h4-5,16-18,20,22-23,26,30,34H,3,6-15,19,21,24H2,1-2H3,(H,52,53)/t30-,34+/m1/s1. The number of amides is 1. The number of benzene rings is 2. The van der Waals surface area contributed by atoms with Crippen LogP contribution in [-0.2, 0) is 33.2 Å². The van der Waals surface area contributed by atoms with Gasteiger partial charge in [0, 0.05) is 38.6 Å². The van der Waals surface area contributed by atoms with Gasteiger partial charge in [-0.3, -0.25) is 14.6 Å². The van der Waals surface area contributed by atoms with Gasteiger partial charge in [0.15, 0.2) is 0 Å². The molecule has 17 heteroatoms. The second kappa shape index (κ2) is 17.2. The molecule has 1 aromatic heterocycles. The minimum absolute atomic E-state index is 0.100. The van der Waals surface area contributed by atoms with Gasteiger partial charge in [-0.2, -0.15) is 26.3 Å². The highest BCUT2D eigenvalue weighted by molar-refractivity contribution is 5.90. The van der Waals surface area contributed by atoms with E-state index in [1.807, 2.05) is 30.9 Å². The Morgan fingerprint density at radius 1 is 0.946 bits per heavy atom. The van der Waals surface area contributed by atoms with Gasteiger partial charge in [0.05, 0.1) is 54.2 Å². The number of aromatic nitrogens is 2. The molecule has 0 bridgehead atoms. The van der Waals surface area contributed by atoms with Crippen LogP contribution in [0.15, 0.2) is 48.8 Å². The first kappa shape index (κ1) is 41.0. The Kier molecular flexibility index (Phi) is 12.6. The van der Waals surface area contributed by atoms with E-state index in [2.05, 4.69) is 14.9 Å². The van der Waals surface area contributed by atoms with Crippen molar-refractivity contribution in [1.82, 2.24) is 14.9 Å². The van der Waals surface area contributed by atoms with E-state index in [0.29, 0.717) is 69.3 Å². The lowest BCUT2D eigenvalue weighted by atomic mass is 9.87. The first-order valence-corrected chi connectivity index (χ1v) is 18.8. The predicted molar refractivity (Wildman–Crippen MR) is 196 cm³/mol. The van der Waals surface area contributed by atoms with Crippen LogP contribution in [0.5, 0.6) is 0 Å². The van der Waals surface area contributed by atoms with E-state index in [-0.39, 0.29) is 42.9 Å². The Morgan fingerprint density at radius 2 is 1.59 bits per heavy atom. The quantitative estimate of drug-likeness (QED) is 0.194. The number of anilines is 3. The van der Waals surface area contributed by atoms with E-state index >= 15 is 0 Å². The summed E-state index contributed by atoms with van der Waals surface area (Å²) in [4.78, 5) is 41.6. The number of fused-ring (bicyclic) bond motifs is 1. The summed E-state index contributed by atoms with van der Waals surface area (Å²) < 4.78 is 95.2. The summed E-state index contributed by atoms with van der Waals surface area (Å²) in [6.45, 7) is 7.53. The van der Waals surface area contributed by atoms with Crippen LogP contribution in [0.4, 0.5) is 48.5 Å². The van der Waals surface area contributed by atoms with Crippen molar-refractivity contribution in [3.8, 4) is 0 Å². The van der Waals surface area contributed by atoms with E-state index in [1.165, 1.54) is 0 Å². The molecule has 2 aromatic carbocycles. The van der Waals surface area contributed by atoms with Crippen LogP contribution in [0, 0.1) is 12.8 Å². The van der Waals surface area contributed by atoms with Crippen molar-refractivity contribution in [1.29, 1.82) is 0 Å². The maximum Gasteiger partial charge on any atom is 0.416 e. The number of carboxylic acid groups (broad SMARTS) is 1. The van der Waals surface area contributed by atoms with E-state index in [1.54, 1.807) is 28.3 Å². The number of carboxylic acids is 1. The molecule has 6 rings (SSSR count). The number of carbonyl (C=O) groups excluding carboxylic acids is 1. The number of carbonyl (C=O) groups is 2. The molecule has 56 heavy (non-hydrogen) atoms. The molecule has 11 nitrogen and oxygen atoms in total. The summed E-state index contributed by atoms with van der Waals surface area (Å²) in [5.41, 5.74) is -0.426. The van der Waals surface area contributed by atoms with E-state index < -0.39 is 54.2 Å². The molecule has 4 heterocycles. The Bertz CT molecular complexity index is 1800. The third-order valence-electron chi connectivity index (χ3n) is 10.8. The average Bonchev–Trinajstić information content (AvgIpc) is 3.16. The summed E-state index contributed by atoms with van der Waals surface area (Å²) in [6, 6.07) is 5.89. The number of rotatable bonds is 11. The number of aryl methyl sites for hydroxylation is 1. The first-order chi connectivity index (χ1) is 26.6. The molecule has 0 aliphatic carbocycles. The first-order valence-electron chi connectivity index (χ1n) is 18.8. The van der Waals surface area contributed by atoms with E-state index in [9.17, 15) is 35.9 Å². The zero-order valence-electron chi connectivity index (χ0n) is 31.3. The number of piperidine rings is 1. The number of hydrogen-bond donors (Lipinski definition) is 1. The molecular formula is C39H46F6N6O5. The number of nitrogens with zero attached hydrogens (tertiary/aromatic N) is 6. The fourth-order valence-electron chi connectivity index (χ4n) is 7.81. The summed E-state index contributed by atoms with van der Waals surface area (Å²) in [5.74, 6) is -0.597. The molecule has 0 radical (unpaired) electrons. The Morgan fingerprint density at radius 3 is 2.18 bits per heavy atom. The van der Waals surface area contributed by atoms with Gasteiger partial charge < -0.3 is 24.4 Å². The minimum Gasteiger partial charge on any atom is -0.481 e. The van der Waals surface area contributed by atoms with Gasteiger partial charge in [-0.05, 0) is 87.0 Å². The highest BCUT2D eigenvalue weighted by atomic mass is 19.4. The molecule has 3 aliphatic heterocycles. The van der Waals surface area contributed by atoms with Crippen LogP contribution < -0.4 is 14.7 Å². The summed E-state index contributed by atoms with van der Waals surface area (Å²) in [6.07, 6.45) is -5.14. The highest BCUT2D eigenvalue weighted by Crippen LogP contribution is 2.45. The van der Waals surface area contributed by atoms with E-state index in [0.717, 1.165) is 30.5 Å². The Hall–Kier alpha value is -4.64. The summed E-state index contributed by atoms with van der Waals surface area (Å²) in [5, 5.41) is 9.12. The summed E-state index contributed by atoms with van der Waals surface area (Å²) in [7, 11) is 0. The maximum atomic E-state index is 14.0. The third-order valence-corrected chi connectivity index (χ3v) is 10.8. The number of hydrogen-bond acceptors (Lipinski definition) is 9. The van der Waals surface area contributed by atoms with Crippen LogP contribution in [0.2, 0.25) is 0 Å². The smallest absolute Gasteiger partial charge is 0.416 e. The zero-order chi connectivity index (χ0) is 40.2. The van der Waals surface area contributed by atoms with Crippen molar-refractivity contribution >= 4 is 29.4 Å². The van der Waals surface area contributed by atoms with Crippen molar-refractivity contribution < 1.29 is 50.5 Å². The van der Waals surface area contributed by atoms with E-state index in [4.69, 9.17) is 14.6 Å². The van der Waals surface area contributed by atoms with Gasteiger partial charge in [-0.15, -0.1) is 0 Å². The molecule has 2 atom stereocenters. The number of ether oxygens (including phenoxy) is 2. The fraction of sp³-hybridized carbons (Fsp3) is 0.538. The molecule has 304 valence electrons. The third kappa shape index (κ3) is 9.83. The normalized spacial score (nSPS) is 19.8. The lowest BCUT2D eigenvalue weighted by Crippen LogP contribution is -2.48. The van der Waals surface area contributed by atoms with Crippen LogP contribution >= 0.6 is 0 Å². The summed E-state index contributed by atoms with van der Waals surface area (Å²) >= 11 is 0. The Labute approximate surface area is 321 Å². The molecule has 0 spiro atoms. The molecule has 1 N–H and O–H groups in total. The highest BCUT2D eigenvalue weighted by Gasteiger charge is 2.41. The van der Waals surface area contributed by atoms with Crippen molar-refractivity contribution in [2.45, 2.75) is 76.9 Å². The van der Waals surface area contributed by atoms with Crippen molar-refractivity contribution in [3.63, 3.8) is 0 Å². The molecule has 0 unspecified atom stereocenters. The maximum absolute atomic E-state index is 14.0. The average molecular weight is 793 g/mol. The van der Waals surface area contributed by atoms with Crippen LogP contribution in [0.1, 0.15) is 72.9 Å². The molecular weight excluding hydrogens is 746 g/mol. The van der Waals surface area contributed by atoms with Crippen molar-refractivity contribution in [2.24, 2.45) is 5.92 Å². The number of halogens is 6. The van der Waals surface area contributed by atoms with Crippen molar-refractivity contribution in [2.75, 3.05) is 67.2 Å². The van der Waals surface area contributed by atoms with Crippen LogP contribution in [0.25, 0.3) is 0 Å². The number of alkyl halides is 6. The number of likely N-dealkylation sites (tertiary alicyclic amines) is 1. The molecule has 2 saturated heterocycles. The monoisotopic (exact) mass is 792 g/mol. The Balaban J connectivity index is 1.32. The topological polar surface area (TPSA) is 112 Å². The SMILES string of the molecule is CC[C@@H]1C[C@H](N(Cc2cc(C(F)(F)F)cc(C(F)(F)F)c2)c2ncc(N3CCOCC3)cn2)c2cc(C)ccc2N1C(=O)OCCN1CCC(CC(=O)O)CC1. The van der Waals surface area contributed by atoms with Gasteiger partial charge in [0.25, 0.3) is 0 Å². The molecule has 3 aliphatic rings. The van der Waals surface area contributed by atoms with Gasteiger partial charge >= 0.3 is 24.4 Å². The van der Waals surface area contributed by atoms with Gasteiger partial charge in [-0.1, -0.05) is 24.6 Å². The predicted octanol–water partition coefficient (Wildman–Crippen LogP) is 7.72. The second-order valence-corrected chi connectivity index (χ2v) is 14.6. The lowest BCUT2D eigenvalue weighted by Gasteiger charge is -2.44. The molecule has 0 saturated carbocycles.